The van der Waals surface area contributed by atoms with E-state index in [1.165, 1.54) is 6.07 Å². The van der Waals surface area contributed by atoms with E-state index >= 15 is 0 Å². The highest BCUT2D eigenvalue weighted by Crippen LogP contribution is 2.22. The molecular formula is C20H18N2O3S2. The van der Waals surface area contributed by atoms with Crippen molar-refractivity contribution in [3.8, 4) is 0 Å². The number of rotatable bonds is 5. The van der Waals surface area contributed by atoms with E-state index < -0.39 is 5.56 Å². The molecule has 1 amide bonds. The molecule has 0 saturated heterocycles. The van der Waals surface area contributed by atoms with Crippen molar-refractivity contribution >= 4 is 34.4 Å². The Morgan fingerprint density at radius 3 is 2.30 bits per heavy atom. The van der Waals surface area contributed by atoms with Crippen molar-refractivity contribution in [1.82, 2.24) is 9.88 Å². The lowest BCUT2D eigenvalue weighted by Crippen LogP contribution is -2.35. The van der Waals surface area contributed by atoms with E-state index in [0.717, 1.165) is 16.2 Å². The molecule has 0 bridgehead atoms. The van der Waals surface area contributed by atoms with Crippen molar-refractivity contribution < 1.29 is 9.59 Å². The van der Waals surface area contributed by atoms with Crippen molar-refractivity contribution in [3.05, 3.63) is 78.0 Å². The second-order valence-electron chi connectivity index (χ2n) is 6.50. The minimum Gasteiger partial charge on any atom is -0.328 e. The average Bonchev–Trinajstić information content (AvgIpc) is 3.34. The molecule has 0 fully saturated rings. The van der Waals surface area contributed by atoms with E-state index in [2.05, 4.69) is 4.98 Å². The molecular weight excluding hydrogens is 380 g/mol. The second kappa shape index (κ2) is 7.62. The third kappa shape index (κ3) is 3.79. The van der Waals surface area contributed by atoms with Crippen LogP contribution in [0.1, 0.15) is 49.0 Å². The highest BCUT2D eigenvalue weighted by molar-refractivity contribution is 7.10. The summed E-state index contributed by atoms with van der Waals surface area (Å²) in [5, 5.41) is 3.93. The standard InChI is InChI=1S/C20H18N2O3S2/c23-18-7-1-6-17-15(18)10-16(19(24)21-17)20(25)22(11-13-4-2-8-26-13)12-14-5-3-9-27-14/h2-5,8-10H,1,6-7,11-12H2,(H,21,24). The summed E-state index contributed by atoms with van der Waals surface area (Å²) in [6, 6.07) is 9.32. The molecule has 0 saturated carbocycles. The third-order valence-corrected chi connectivity index (χ3v) is 6.35. The lowest BCUT2D eigenvalue weighted by Gasteiger charge is -2.22. The number of H-pyrrole nitrogens is 1. The van der Waals surface area contributed by atoms with Gasteiger partial charge in [0.25, 0.3) is 11.5 Å². The Bertz CT molecular complexity index is 984. The fraction of sp³-hybridized carbons (Fsp3) is 0.250. The molecule has 0 unspecified atom stereocenters. The van der Waals surface area contributed by atoms with E-state index in [0.29, 0.717) is 37.2 Å². The Hall–Kier alpha value is -2.51. The summed E-state index contributed by atoms with van der Waals surface area (Å²) in [5.41, 5.74) is 0.750. The smallest absolute Gasteiger partial charge is 0.261 e. The molecule has 138 valence electrons. The number of hydrogen-bond donors (Lipinski definition) is 1. The number of hydrogen-bond acceptors (Lipinski definition) is 5. The molecule has 0 aromatic carbocycles. The van der Waals surface area contributed by atoms with Gasteiger partial charge in [-0.05, 0) is 41.8 Å². The first kappa shape index (κ1) is 17.9. The number of carbonyl (C=O) groups is 2. The number of carbonyl (C=O) groups excluding carboxylic acids is 2. The van der Waals surface area contributed by atoms with Gasteiger partial charge in [0.05, 0.1) is 13.1 Å². The maximum Gasteiger partial charge on any atom is 0.261 e. The number of Topliss-reactive ketones (excluding diaryl/α,β-unsaturated/α-hetero) is 1. The van der Waals surface area contributed by atoms with Gasteiger partial charge in [-0.3, -0.25) is 14.4 Å². The SMILES string of the molecule is O=C1CCCc2[nH]c(=O)c(C(=O)N(Cc3cccs3)Cc3cccs3)cc21. The van der Waals surface area contributed by atoms with E-state index in [9.17, 15) is 14.4 Å². The number of amides is 1. The van der Waals surface area contributed by atoms with Crippen LogP contribution in [0.2, 0.25) is 0 Å². The van der Waals surface area contributed by atoms with Gasteiger partial charge in [-0.2, -0.15) is 0 Å². The van der Waals surface area contributed by atoms with Crippen molar-refractivity contribution in [2.45, 2.75) is 32.4 Å². The van der Waals surface area contributed by atoms with Crippen LogP contribution < -0.4 is 5.56 Å². The maximum absolute atomic E-state index is 13.2. The van der Waals surface area contributed by atoms with Gasteiger partial charge in [0.2, 0.25) is 0 Å². The molecule has 27 heavy (non-hydrogen) atoms. The highest BCUT2D eigenvalue weighted by atomic mass is 32.1. The summed E-state index contributed by atoms with van der Waals surface area (Å²) in [4.78, 5) is 44.5. The second-order valence-corrected chi connectivity index (χ2v) is 8.57. The number of aromatic amines is 1. The summed E-state index contributed by atoms with van der Waals surface area (Å²) in [7, 11) is 0. The van der Waals surface area contributed by atoms with Crippen LogP contribution in [0.5, 0.6) is 0 Å². The molecule has 1 aliphatic rings. The summed E-state index contributed by atoms with van der Waals surface area (Å²) < 4.78 is 0. The molecule has 3 aromatic rings. The third-order valence-electron chi connectivity index (χ3n) is 4.63. The molecule has 4 rings (SSSR count). The Morgan fingerprint density at radius 1 is 1.04 bits per heavy atom. The van der Waals surface area contributed by atoms with E-state index in [1.54, 1.807) is 27.6 Å². The minimum absolute atomic E-state index is 0.00962. The fourth-order valence-corrected chi connectivity index (χ4v) is 4.72. The molecule has 3 aromatic heterocycles. The van der Waals surface area contributed by atoms with Gasteiger partial charge in [-0.15, -0.1) is 22.7 Å². The number of aryl methyl sites for hydroxylation is 1. The van der Waals surface area contributed by atoms with Crippen LogP contribution in [0.3, 0.4) is 0 Å². The number of fused-ring (bicyclic) bond motifs is 1. The van der Waals surface area contributed by atoms with Gasteiger partial charge in [-0.1, -0.05) is 12.1 Å². The largest absolute Gasteiger partial charge is 0.328 e. The quantitative estimate of drug-likeness (QED) is 0.709. The fourth-order valence-electron chi connectivity index (χ4n) is 3.29. The van der Waals surface area contributed by atoms with E-state index in [1.807, 2.05) is 35.0 Å². The van der Waals surface area contributed by atoms with Crippen LogP contribution >= 0.6 is 22.7 Å². The lowest BCUT2D eigenvalue weighted by atomic mass is 9.93. The van der Waals surface area contributed by atoms with Crippen LogP contribution in [0, 0.1) is 0 Å². The maximum atomic E-state index is 13.2. The molecule has 5 nitrogen and oxygen atoms in total. The summed E-state index contributed by atoms with van der Waals surface area (Å²) in [6.07, 6.45) is 1.86. The molecule has 0 atom stereocenters. The number of nitrogens with zero attached hydrogens (tertiary/aromatic N) is 1. The van der Waals surface area contributed by atoms with Gasteiger partial charge in [0.1, 0.15) is 5.56 Å². The number of nitrogens with one attached hydrogen (secondary N) is 1. The molecule has 7 heteroatoms. The van der Waals surface area contributed by atoms with E-state index in [4.69, 9.17) is 0 Å². The molecule has 0 radical (unpaired) electrons. The van der Waals surface area contributed by atoms with Crippen LogP contribution in [0.25, 0.3) is 0 Å². The number of pyridine rings is 1. The predicted octanol–water partition coefficient (Wildman–Crippen LogP) is 3.86. The normalized spacial score (nSPS) is 13.4. The zero-order valence-electron chi connectivity index (χ0n) is 14.6. The molecule has 1 N–H and O–H groups in total. The van der Waals surface area contributed by atoms with E-state index in [-0.39, 0.29) is 17.3 Å². The van der Waals surface area contributed by atoms with Crippen LogP contribution in [0.15, 0.2) is 45.9 Å². The predicted molar refractivity (Wildman–Crippen MR) is 107 cm³/mol. The monoisotopic (exact) mass is 398 g/mol. The van der Waals surface area contributed by atoms with Gasteiger partial charge in [-0.25, -0.2) is 0 Å². The number of thiophene rings is 2. The van der Waals surface area contributed by atoms with Gasteiger partial charge in [0.15, 0.2) is 5.78 Å². The Kier molecular flexibility index (Phi) is 5.05. The van der Waals surface area contributed by atoms with Gasteiger partial charge >= 0.3 is 0 Å². The topological polar surface area (TPSA) is 70.2 Å². The van der Waals surface area contributed by atoms with Crippen molar-refractivity contribution in [2.75, 3.05) is 0 Å². The molecule has 0 spiro atoms. The molecule has 1 aliphatic carbocycles. The summed E-state index contributed by atoms with van der Waals surface area (Å²) in [6.45, 7) is 0.859. The van der Waals surface area contributed by atoms with Crippen LogP contribution in [-0.2, 0) is 19.5 Å². The van der Waals surface area contributed by atoms with Crippen molar-refractivity contribution in [1.29, 1.82) is 0 Å². The van der Waals surface area contributed by atoms with Crippen molar-refractivity contribution in [3.63, 3.8) is 0 Å². The number of ketones is 1. The number of aromatic nitrogens is 1. The average molecular weight is 399 g/mol. The summed E-state index contributed by atoms with van der Waals surface area (Å²) in [5.74, 6) is -0.358. The van der Waals surface area contributed by atoms with Crippen LogP contribution in [-0.4, -0.2) is 21.6 Å². The molecule has 0 aliphatic heterocycles. The zero-order valence-corrected chi connectivity index (χ0v) is 16.2. The first-order valence-electron chi connectivity index (χ1n) is 8.75. The minimum atomic E-state index is -0.421. The van der Waals surface area contributed by atoms with Gasteiger partial charge < -0.3 is 9.88 Å². The first-order valence-corrected chi connectivity index (χ1v) is 10.5. The van der Waals surface area contributed by atoms with Crippen LogP contribution in [0.4, 0.5) is 0 Å². The Labute approximate surface area is 164 Å². The lowest BCUT2D eigenvalue weighted by molar-refractivity contribution is 0.0731. The zero-order chi connectivity index (χ0) is 18.8. The Balaban J connectivity index is 1.69. The highest BCUT2D eigenvalue weighted by Gasteiger charge is 2.25. The van der Waals surface area contributed by atoms with Crippen molar-refractivity contribution in [2.24, 2.45) is 0 Å². The molecule has 3 heterocycles. The van der Waals surface area contributed by atoms with Gasteiger partial charge in [0, 0.05) is 27.4 Å². The summed E-state index contributed by atoms with van der Waals surface area (Å²) >= 11 is 3.15. The Morgan fingerprint density at radius 2 is 1.70 bits per heavy atom. The first-order chi connectivity index (χ1) is 13.1.